The van der Waals surface area contributed by atoms with Crippen molar-refractivity contribution < 1.29 is 0 Å². The van der Waals surface area contributed by atoms with Crippen molar-refractivity contribution in [3.63, 3.8) is 0 Å². The third kappa shape index (κ3) is 2.98. The average molecular weight is 247 g/mol. The smallest absolute Gasteiger partial charge is 0.152 e. The van der Waals surface area contributed by atoms with Gasteiger partial charge in [-0.05, 0) is 31.5 Å². The molecule has 0 fully saturated rings. The predicted molar refractivity (Wildman–Crippen MR) is 71.3 cm³/mol. The van der Waals surface area contributed by atoms with Crippen LogP contribution in [0.15, 0.2) is 18.5 Å². The lowest BCUT2D eigenvalue weighted by molar-refractivity contribution is 0.667. The Bertz CT molecular complexity index is 497. The number of rotatable bonds is 6. The van der Waals surface area contributed by atoms with Gasteiger partial charge in [-0.15, -0.1) is 10.2 Å². The molecular weight excluding hydrogens is 226 g/mol. The molecule has 0 aliphatic heterocycles. The Morgan fingerprint density at radius 3 is 2.83 bits per heavy atom. The maximum Gasteiger partial charge on any atom is 0.152 e. The first-order chi connectivity index (χ1) is 8.70. The highest BCUT2D eigenvalue weighted by molar-refractivity contribution is 5.11. The molecule has 0 aliphatic rings. The second-order valence-corrected chi connectivity index (χ2v) is 4.59. The van der Waals surface area contributed by atoms with Gasteiger partial charge in [-0.1, -0.05) is 6.92 Å². The fourth-order valence-corrected chi connectivity index (χ4v) is 1.85. The molecule has 0 amide bonds. The molecule has 2 heterocycles. The number of aryl methyl sites for hydroxylation is 1. The van der Waals surface area contributed by atoms with Gasteiger partial charge in [-0.2, -0.15) is 0 Å². The highest BCUT2D eigenvalue weighted by atomic mass is 15.3. The summed E-state index contributed by atoms with van der Waals surface area (Å²) in [5, 5.41) is 11.6. The summed E-state index contributed by atoms with van der Waals surface area (Å²) in [6, 6.07) is 2.14. The predicted octanol–water partition coefficient (Wildman–Crippen LogP) is 1.47. The van der Waals surface area contributed by atoms with Crippen LogP contribution in [0.25, 0.3) is 0 Å². The minimum Gasteiger partial charge on any atom is -0.346 e. The molecule has 0 bridgehead atoms. The van der Waals surface area contributed by atoms with Gasteiger partial charge in [-0.25, -0.2) is 0 Å². The molecule has 0 saturated heterocycles. The summed E-state index contributed by atoms with van der Waals surface area (Å²) >= 11 is 0. The van der Waals surface area contributed by atoms with Crippen LogP contribution in [-0.2, 0) is 20.1 Å². The van der Waals surface area contributed by atoms with Crippen molar-refractivity contribution in [2.45, 2.75) is 33.4 Å². The van der Waals surface area contributed by atoms with Crippen LogP contribution in [0.4, 0.5) is 0 Å². The van der Waals surface area contributed by atoms with Crippen molar-refractivity contribution in [1.82, 2.24) is 24.6 Å². The average Bonchev–Trinajstić information content (AvgIpc) is 2.92. The summed E-state index contributed by atoms with van der Waals surface area (Å²) < 4.78 is 4.17. The van der Waals surface area contributed by atoms with E-state index in [1.165, 1.54) is 12.0 Å². The molecule has 0 aliphatic carbocycles. The third-order valence-electron chi connectivity index (χ3n) is 3.07. The van der Waals surface area contributed by atoms with Gasteiger partial charge in [0.15, 0.2) is 5.82 Å². The zero-order chi connectivity index (χ0) is 13.0. The van der Waals surface area contributed by atoms with Crippen LogP contribution in [0.5, 0.6) is 0 Å². The lowest BCUT2D eigenvalue weighted by Crippen LogP contribution is -2.13. The van der Waals surface area contributed by atoms with Gasteiger partial charge >= 0.3 is 0 Å². The molecule has 2 aromatic heterocycles. The first kappa shape index (κ1) is 12.8. The summed E-state index contributed by atoms with van der Waals surface area (Å²) in [6.45, 7) is 6.90. The Hall–Kier alpha value is -1.62. The maximum absolute atomic E-state index is 4.17. The topological polar surface area (TPSA) is 47.7 Å². The molecule has 2 aromatic rings. The minimum absolute atomic E-state index is 0.769. The van der Waals surface area contributed by atoms with E-state index in [1.807, 2.05) is 18.5 Å². The zero-order valence-electron chi connectivity index (χ0n) is 11.3. The Morgan fingerprint density at radius 1 is 1.33 bits per heavy atom. The van der Waals surface area contributed by atoms with Gasteiger partial charge < -0.3 is 14.5 Å². The number of nitrogens with one attached hydrogen (secondary N) is 1. The van der Waals surface area contributed by atoms with Crippen LogP contribution in [-0.4, -0.2) is 25.9 Å². The highest BCUT2D eigenvalue weighted by Gasteiger charge is 2.05. The van der Waals surface area contributed by atoms with Gasteiger partial charge in [0.1, 0.15) is 5.82 Å². The molecule has 0 spiro atoms. The molecule has 0 unspecified atom stereocenters. The molecule has 0 atom stereocenters. The summed E-state index contributed by atoms with van der Waals surface area (Å²) in [7, 11) is 2.00. The third-order valence-corrected chi connectivity index (χ3v) is 3.07. The molecule has 1 N–H and O–H groups in total. The van der Waals surface area contributed by atoms with Gasteiger partial charge in [-0.3, -0.25) is 0 Å². The van der Waals surface area contributed by atoms with E-state index in [0.29, 0.717) is 0 Å². The second kappa shape index (κ2) is 5.82. The van der Waals surface area contributed by atoms with Gasteiger partial charge in [0.05, 0.1) is 6.54 Å². The summed E-state index contributed by atoms with van der Waals surface area (Å²) in [5.74, 6) is 1.93. The largest absolute Gasteiger partial charge is 0.346 e. The van der Waals surface area contributed by atoms with Crippen molar-refractivity contribution in [1.29, 1.82) is 0 Å². The zero-order valence-corrected chi connectivity index (χ0v) is 11.3. The van der Waals surface area contributed by atoms with Crippen molar-refractivity contribution >= 4 is 0 Å². The van der Waals surface area contributed by atoms with Crippen LogP contribution in [0.2, 0.25) is 0 Å². The van der Waals surface area contributed by atoms with E-state index < -0.39 is 0 Å². The quantitative estimate of drug-likeness (QED) is 0.786. The molecule has 98 valence electrons. The first-order valence-corrected chi connectivity index (χ1v) is 6.41. The van der Waals surface area contributed by atoms with Gasteiger partial charge in [0, 0.05) is 26.0 Å². The molecule has 18 heavy (non-hydrogen) atoms. The normalized spacial score (nSPS) is 11.1. The van der Waals surface area contributed by atoms with E-state index in [9.17, 15) is 0 Å². The van der Waals surface area contributed by atoms with Crippen molar-refractivity contribution in [3.05, 3.63) is 35.7 Å². The van der Waals surface area contributed by atoms with Crippen LogP contribution in [0, 0.1) is 6.92 Å². The van der Waals surface area contributed by atoms with E-state index in [-0.39, 0.29) is 0 Å². The lowest BCUT2D eigenvalue weighted by Gasteiger charge is -2.03. The van der Waals surface area contributed by atoms with Gasteiger partial charge in [0.2, 0.25) is 0 Å². The molecule has 5 heteroatoms. The van der Waals surface area contributed by atoms with E-state index >= 15 is 0 Å². The Balaban J connectivity index is 1.96. The monoisotopic (exact) mass is 247 g/mol. The number of hydrogen-bond acceptors (Lipinski definition) is 3. The Kier molecular flexibility index (Phi) is 4.15. The first-order valence-electron chi connectivity index (χ1n) is 6.41. The number of nitrogens with zero attached hydrogens (tertiary/aromatic N) is 4. The van der Waals surface area contributed by atoms with Crippen molar-refractivity contribution in [3.8, 4) is 0 Å². The number of aromatic nitrogens is 4. The SMILES string of the molecule is CCCNCc1ccn(Cc2nnc(C)n2C)c1. The van der Waals surface area contributed by atoms with Crippen LogP contribution in [0.3, 0.4) is 0 Å². The molecule has 0 saturated carbocycles. The maximum atomic E-state index is 4.17. The second-order valence-electron chi connectivity index (χ2n) is 4.59. The van der Waals surface area contributed by atoms with Crippen molar-refractivity contribution in [2.75, 3.05) is 6.54 Å². The summed E-state index contributed by atoms with van der Waals surface area (Å²) in [4.78, 5) is 0. The molecular formula is C13H21N5. The van der Waals surface area contributed by atoms with E-state index in [4.69, 9.17) is 0 Å². The Labute approximate surface area is 108 Å². The van der Waals surface area contributed by atoms with Crippen LogP contribution < -0.4 is 5.32 Å². The summed E-state index contributed by atoms with van der Waals surface area (Å²) in [6.07, 6.45) is 5.42. The Morgan fingerprint density at radius 2 is 2.17 bits per heavy atom. The number of hydrogen-bond donors (Lipinski definition) is 1. The van der Waals surface area contributed by atoms with Crippen LogP contribution >= 0.6 is 0 Å². The van der Waals surface area contributed by atoms with Crippen LogP contribution in [0.1, 0.15) is 30.6 Å². The molecule has 5 nitrogen and oxygen atoms in total. The molecule has 2 rings (SSSR count). The van der Waals surface area contributed by atoms with E-state index in [1.54, 1.807) is 0 Å². The minimum atomic E-state index is 0.769. The fourth-order valence-electron chi connectivity index (χ4n) is 1.85. The van der Waals surface area contributed by atoms with Crippen molar-refractivity contribution in [2.24, 2.45) is 7.05 Å². The molecule has 0 radical (unpaired) electrons. The van der Waals surface area contributed by atoms with Gasteiger partial charge in [0.25, 0.3) is 0 Å². The fraction of sp³-hybridized carbons (Fsp3) is 0.538. The molecule has 0 aromatic carbocycles. The van der Waals surface area contributed by atoms with E-state index in [0.717, 1.165) is 31.3 Å². The summed E-state index contributed by atoms with van der Waals surface area (Å²) in [5.41, 5.74) is 1.31. The van der Waals surface area contributed by atoms with E-state index in [2.05, 4.69) is 45.5 Å². The lowest BCUT2D eigenvalue weighted by atomic mass is 10.3. The highest BCUT2D eigenvalue weighted by Crippen LogP contribution is 2.05. The standard InChI is InChI=1S/C13H21N5/c1-4-6-14-8-12-5-7-18(9-12)10-13-16-15-11(2)17(13)3/h5,7,9,14H,4,6,8,10H2,1-3H3.